The first kappa shape index (κ1) is 9.68. The standard InChI is InChI=1S/C9H18N2O/c1-8(2-5-10)11-6-3-9(12)4-7-11/h8H,2-7,10H2,1H3. The molecule has 1 atom stereocenters. The molecule has 1 fully saturated rings. The molecule has 2 N–H and O–H groups in total. The zero-order valence-corrected chi connectivity index (χ0v) is 7.75. The Balaban J connectivity index is 2.28. The largest absolute Gasteiger partial charge is 0.330 e. The molecular weight excluding hydrogens is 152 g/mol. The molecule has 70 valence electrons. The number of nitrogens with two attached hydrogens (primary N) is 1. The van der Waals surface area contributed by atoms with E-state index in [9.17, 15) is 4.79 Å². The van der Waals surface area contributed by atoms with Gasteiger partial charge in [-0.1, -0.05) is 0 Å². The fourth-order valence-corrected chi connectivity index (χ4v) is 1.64. The fraction of sp³-hybridized carbons (Fsp3) is 0.889. The minimum absolute atomic E-state index is 0.409. The SMILES string of the molecule is CC(CCN)N1CCC(=O)CC1. The summed E-state index contributed by atoms with van der Waals surface area (Å²) in [6.07, 6.45) is 2.50. The molecule has 0 amide bonds. The highest BCUT2D eigenvalue weighted by Gasteiger charge is 2.19. The van der Waals surface area contributed by atoms with Crippen LogP contribution in [0.3, 0.4) is 0 Å². The third-order valence-corrected chi connectivity index (χ3v) is 2.56. The van der Waals surface area contributed by atoms with Gasteiger partial charge in [0.05, 0.1) is 0 Å². The maximum absolute atomic E-state index is 10.9. The van der Waals surface area contributed by atoms with Crippen LogP contribution in [0.25, 0.3) is 0 Å². The van der Waals surface area contributed by atoms with Crippen molar-refractivity contribution in [2.24, 2.45) is 5.73 Å². The summed E-state index contributed by atoms with van der Waals surface area (Å²) in [6, 6.07) is 0.545. The third-order valence-electron chi connectivity index (χ3n) is 2.56. The molecule has 0 aromatic carbocycles. The smallest absolute Gasteiger partial charge is 0.135 e. The Labute approximate surface area is 73.9 Å². The van der Waals surface area contributed by atoms with Crippen molar-refractivity contribution in [3.05, 3.63) is 0 Å². The molecule has 1 rings (SSSR count). The first-order valence-corrected chi connectivity index (χ1v) is 4.70. The normalized spacial score (nSPS) is 22.7. The molecule has 12 heavy (non-hydrogen) atoms. The van der Waals surface area contributed by atoms with E-state index >= 15 is 0 Å². The second-order valence-electron chi connectivity index (χ2n) is 3.50. The van der Waals surface area contributed by atoms with E-state index in [0.29, 0.717) is 11.8 Å². The van der Waals surface area contributed by atoms with Gasteiger partial charge in [0.1, 0.15) is 5.78 Å². The lowest BCUT2D eigenvalue weighted by molar-refractivity contribution is -0.121. The molecule has 0 spiro atoms. The van der Waals surface area contributed by atoms with Crippen molar-refractivity contribution >= 4 is 5.78 Å². The zero-order chi connectivity index (χ0) is 8.97. The lowest BCUT2D eigenvalue weighted by atomic mass is 10.1. The lowest BCUT2D eigenvalue weighted by Crippen LogP contribution is -2.40. The summed E-state index contributed by atoms with van der Waals surface area (Å²) >= 11 is 0. The first-order valence-electron chi connectivity index (χ1n) is 4.70. The number of hydrogen-bond donors (Lipinski definition) is 1. The number of carbonyl (C=O) groups excluding carboxylic acids is 1. The van der Waals surface area contributed by atoms with Crippen molar-refractivity contribution in [2.75, 3.05) is 19.6 Å². The zero-order valence-electron chi connectivity index (χ0n) is 7.75. The number of ketones is 1. The molecule has 1 unspecified atom stereocenters. The van der Waals surface area contributed by atoms with E-state index < -0.39 is 0 Å². The van der Waals surface area contributed by atoms with Gasteiger partial charge in [-0.3, -0.25) is 9.69 Å². The Hall–Kier alpha value is -0.410. The van der Waals surface area contributed by atoms with Crippen LogP contribution in [0, 0.1) is 0 Å². The summed E-state index contributed by atoms with van der Waals surface area (Å²) in [5.74, 6) is 0.409. The summed E-state index contributed by atoms with van der Waals surface area (Å²) in [4.78, 5) is 13.3. The van der Waals surface area contributed by atoms with Gasteiger partial charge in [0.2, 0.25) is 0 Å². The van der Waals surface area contributed by atoms with Crippen molar-refractivity contribution in [3.63, 3.8) is 0 Å². The predicted octanol–water partition coefficient (Wildman–Crippen LogP) is 0.389. The third kappa shape index (κ3) is 2.57. The maximum atomic E-state index is 10.9. The van der Waals surface area contributed by atoms with Crippen molar-refractivity contribution in [2.45, 2.75) is 32.2 Å². The molecule has 1 aliphatic heterocycles. The number of Topliss-reactive ketones (excluding diaryl/α,β-unsaturated/α-hetero) is 1. The Morgan fingerprint density at radius 3 is 2.58 bits per heavy atom. The topological polar surface area (TPSA) is 46.3 Å². The van der Waals surface area contributed by atoms with E-state index in [-0.39, 0.29) is 0 Å². The van der Waals surface area contributed by atoms with Crippen LogP contribution in [0.2, 0.25) is 0 Å². The Bertz CT molecular complexity index is 149. The van der Waals surface area contributed by atoms with Crippen molar-refractivity contribution in [1.82, 2.24) is 4.90 Å². The van der Waals surface area contributed by atoms with Crippen LogP contribution >= 0.6 is 0 Å². The van der Waals surface area contributed by atoms with Gasteiger partial charge < -0.3 is 5.73 Å². The summed E-state index contributed by atoms with van der Waals surface area (Å²) in [6.45, 7) is 4.79. The second kappa shape index (κ2) is 4.58. The molecule has 0 saturated carbocycles. The quantitative estimate of drug-likeness (QED) is 0.666. The summed E-state index contributed by atoms with van der Waals surface area (Å²) < 4.78 is 0. The molecule has 0 aromatic heterocycles. The van der Waals surface area contributed by atoms with Gasteiger partial charge in [-0.25, -0.2) is 0 Å². The van der Waals surface area contributed by atoms with Gasteiger partial charge in [-0.05, 0) is 19.9 Å². The number of likely N-dealkylation sites (tertiary alicyclic amines) is 1. The van der Waals surface area contributed by atoms with Gasteiger partial charge in [-0.15, -0.1) is 0 Å². The van der Waals surface area contributed by atoms with Crippen molar-refractivity contribution < 1.29 is 4.79 Å². The highest BCUT2D eigenvalue weighted by molar-refractivity contribution is 5.79. The monoisotopic (exact) mass is 170 g/mol. The molecule has 1 saturated heterocycles. The average molecular weight is 170 g/mol. The number of rotatable bonds is 3. The molecule has 0 radical (unpaired) electrons. The highest BCUT2D eigenvalue weighted by Crippen LogP contribution is 2.10. The molecule has 0 aliphatic carbocycles. The van der Waals surface area contributed by atoms with Gasteiger partial charge in [0, 0.05) is 32.0 Å². The van der Waals surface area contributed by atoms with Crippen LogP contribution in [-0.2, 0) is 4.79 Å². The molecular formula is C9H18N2O. The molecule has 0 bridgehead atoms. The summed E-state index contributed by atoms with van der Waals surface area (Å²) in [5, 5.41) is 0. The van der Waals surface area contributed by atoms with Crippen LogP contribution in [0.4, 0.5) is 0 Å². The minimum Gasteiger partial charge on any atom is -0.330 e. The summed E-state index contributed by atoms with van der Waals surface area (Å²) in [7, 11) is 0. The van der Waals surface area contributed by atoms with Crippen LogP contribution in [0.5, 0.6) is 0 Å². The number of hydrogen-bond acceptors (Lipinski definition) is 3. The number of carbonyl (C=O) groups is 1. The maximum Gasteiger partial charge on any atom is 0.135 e. The second-order valence-corrected chi connectivity index (χ2v) is 3.50. The number of piperidine rings is 1. The van der Waals surface area contributed by atoms with Gasteiger partial charge in [0.15, 0.2) is 0 Å². The predicted molar refractivity (Wildman–Crippen MR) is 48.9 cm³/mol. The van der Waals surface area contributed by atoms with Gasteiger partial charge in [0.25, 0.3) is 0 Å². The lowest BCUT2D eigenvalue weighted by Gasteiger charge is -2.31. The Morgan fingerprint density at radius 2 is 2.08 bits per heavy atom. The van der Waals surface area contributed by atoms with E-state index in [1.165, 1.54) is 0 Å². The van der Waals surface area contributed by atoms with E-state index in [1.54, 1.807) is 0 Å². The molecule has 1 aliphatic rings. The number of nitrogens with zero attached hydrogens (tertiary/aromatic N) is 1. The molecule has 3 heteroatoms. The van der Waals surface area contributed by atoms with Crippen LogP contribution < -0.4 is 5.73 Å². The highest BCUT2D eigenvalue weighted by atomic mass is 16.1. The van der Waals surface area contributed by atoms with E-state index in [4.69, 9.17) is 5.73 Å². The molecule has 0 aromatic rings. The molecule has 1 heterocycles. The van der Waals surface area contributed by atoms with Crippen molar-refractivity contribution in [3.8, 4) is 0 Å². The van der Waals surface area contributed by atoms with Crippen molar-refractivity contribution in [1.29, 1.82) is 0 Å². The Kier molecular flexibility index (Phi) is 3.69. The van der Waals surface area contributed by atoms with Crippen LogP contribution in [0.15, 0.2) is 0 Å². The van der Waals surface area contributed by atoms with E-state index in [2.05, 4.69) is 11.8 Å². The molecule has 3 nitrogen and oxygen atoms in total. The van der Waals surface area contributed by atoms with Gasteiger partial charge >= 0.3 is 0 Å². The first-order chi connectivity index (χ1) is 5.74. The minimum atomic E-state index is 0.409. The fourth-order valence-electron chi connectivity index (χ4n) is 1.64. The van der Waals surface area contributed by atoms with Gasteiger partial charge in [-0.2, -0.15) is 0 Å². The van der Waals surface area contributed by atoms with E-state index in [1.807, 2.05) is 0 Å². The average Bonchev–Trinajstić information content (AvgIpc) is 2.06. The summed E-state index contributed by atoms with van der Waals surface area (Å²) in [5.41, 5.74) is 5.47. The van der Waals surface area contributed by atoms with Crippen LogP contribution in [-0.4, -0.2) is 36.4 Å². The van der Waals surface area contributed by atoms with Crippen LogP contribution in [0.1, 0.15) is 26.2 Å². The van der Waals surface area contributed by atoms with E-state index in [0.717, 1.165) is 38.9 Å². The Morgan fingerprint density at radius 1 is 1.50 bits per heavy atom.